The first-order valence-electron chi connectivity index (χ1n) is 10.4. The van der Waals surface area contributed by atoms with E-state index in [1.54, 1.807) is 73.7 Å². The zero-order valence-corrected chi connectivity index (χ0v) is 19.7. The highest BCUT2D eigenvalue weighted by Gasteiger charge is 2.15. The number of anilines is 1. The van der Waals surface area contributed by atoms with Gasteiger partial charge in [0.2, 0.25) is 0 Å². The fourth-order valence-corrected chi connectivity index (χ4v) is 2.91. The van der Waals surface area contributed by atoms with Gasteiger partial charge in [-0.3, -0.25) is 9.59 Å². The van der Waals surface area contributed by atoms with Crippen molar-refractivity contribution in [2.75, 3.05) is 19.0 Å². The highest BCUT2D eigenvalue weighted by atomic mass is 35.5. The molecule has 0 heterocycles. The Morgan fingerprint density at radius 3 is 2.31 bits per heavy atom. The maximum Gasteiger partial charge on any atom is 0.343 e. The van der Waals surface area contributed by atoms with Gasteiger partial charge in [0.05, 0.1) is 25.5 Å². The summed E-state index contributed by atoms with van der Waals surface area (Å²) in [6.07, 6.45) is 1.32. The Hall–Kier alpha value is -4.37. The van der Waals surface area contributed by atoms with Crippen LogP contribution >= 0.6 is 11.6 Å². The maximum atomic E-state index is 12.5. The first kappa shape index (κ1) is 25.3. The molecule has 10 heteroatoms. The van der Waals surface area contributed by atoms with Crippen LogP contribution in [0.5, 0.6) is 17.2 Å². The second-order valence-corrected chi connectivity index (χ2v) is 7.35. The van der Waals surface area contributed by atoms with Gasteiger partial charge < -0.3 is 19.5 Å². The van der Waals surface area contributed by atoms with Crippen LogP contribution in [0, 0.1) is 0 Å². The summed E-state index contributed by atoms with van der Waals surface area (Å²) in [4.78, 5) is 36.4. The van der Waals surface area contributed by atoms with E-state index in [1.807, 2.05) is 0 Å². The van der Waals surface area contributed by atoms with Crippen molar-refractivity contribution in [2.24, 2.45) is 5.10 Å². The zero-order valence-electron chi connectivity index (χ0n) is 18.9. The molecule has 3 aromatic rings. The van der Waals surface area contributed by atoms with Crippen molar-refractivity contribution in [1.29, 1.82) is 0 Å². The fourth-order valence-electron chi connectivity index (χ4n) is 2.78. The number of hydrogen-bond donors (Lipinski definition) is 2. The third-order valence-electron chi connectivity index (χ3n) is 4.48. The second-order valence-electron chi connectivity index (χ2n) is 6.92. The van der Waals surface area contributed by atoms with Crippen LogP contribution in [0.1, 0.15) is 22.8 Å². The van der Waals surface area contributed by atoms with E-state index in [4.69, 9.17) is 25.8 Å². The predicted molar refractivity (Wildman–Crippen MR) is 131 cm³/mol. The van der Waals surface area contributed by atoms with Crippen molar-refractivity contribution in [3.63, 3.8) is 0 Å². The Labute approximate surface area is 206 Å². The van der Waals surface area contributed by atoms with Gasteiger partial charge >= 0.3 is 17.8 Å². The van der Waals surface area contributed by atoms with Crippen LogP contribution in [0.25, 0.3) is 0 Å². The number of ether oxygens (including phenoxy) is 3. The first-order chi connectivity index (χ1) is 16.9. The summed E-state index contributed by atoms with van der Waals surface area (Å²) in [5.41, 5.74) is 3.45. The average molecular weight is 496 g/mol. The van der Waals surface area contributed by atoms with E-state index in [0.29, 0.717) is 39.9 Å². The molecule has 180 valence electrons. The molecule has 0 unspecified atom stereocenters. The number of amides is 2. The van der Waals surface area contributed by atoms with Crippen molar-refractivity contribution in [3.05, 3.63) is 82.9 Å². The maximum absolute atomic E-state index is 12.5. The SMILES string of the molecule is CCOc1cc(/C=N\NC(=O)C(=O)Nc2ccc(Cl)cc2)ccc1OC(=O)c1ccc(OC)cc1. The lowest BCUT2D eigenvalue weighted by molar-refractivity contribution is -0.136. The molecule has 0 aliphatic carbocycles. The van der Waals surface area contributed by atoms with Gasteiger partial charge in [0, 0.05) is 10.7 Å². The third kappa shape index (κ3) is 7.31. The molecule has 0 aliphatic heterocycles. The molecular formula is C25H22ClN3O6. The van der Waals surface area contributed by atoms with Crippen LogP contribution in [0.2, 0.25) is 5.02 Å². The number of methoxy groups -OCH3 is 1. The number of esters is 1. The molecule has 0 atom stereocenters. The molecule has 2 amide bonds. The molecule has 0 aliphatic rings. The van der Waals surface area contributed by atoms with Gasteiger partial charge in [-0.05, 0) is 79.2 Å². The number of hydrogen-bond acceptors (Lipinski definition) is 7. The number of hydrazone groups is 1. The van der Waals surface area contributed by atoms with E-state index >= 15 is 0 Å². The van der Waals surface area contributed by atoms with Crippen LogP contribution in [0.3, 0.4) is 0 Å². The van der Waals surface area contributed by atoms with E-state index in [9.17, 15) is 14.4 Å². The van der Waals surface area contributed by atoms with Crippen LogP contribution in [0.15, 0.2) is 71.8 Å². The van der Waals surface area contributed by atoms with Gasteiger partial charge in [-0.25, -0.2) is 10.2 Å². The minimum absolute atomic E-state index is 0.219. The minimum atomic E-state index is -0.953. The lowest BCUT2D eigenvalue weighted by atomic mass is 10.2. The first-order valence-corrected chi connectivity index (χ1v) is 10.8. The molecule has 3 rings (SSSR count). The average Bonchev–Trinajstić information content (AvgIpc) is 2.87. The monoisotopic (exact) mass is 495 g/mol. The Bertz CT molecular complexity index is 1230. The molecule has 0 aromatic heterocycles. The number of benzene rings is 3. The Balaban J connectivity index is 1.62. The lowest BCUT2D eigenvalue weighted by Gasteiger charge is -2.11. The lowest BCUT2D eigenvalue weighted by Crippen LogP contribution is -2.32. The van der Waals surface area contributed by atoms with Crippen LogP contribution in [-0.4, -0.2) is 37.7 Å². The van der Waals surface area contributed by atoms with Gasteiger partial charge in [0.1, 0.15) is 5.75 Å². The normalized spacial score (nSPS) is 10.5. The summed E-state index contributed by atoms with van der Waals surface area (Å²) >= 11 is 5.79. The van der Waals surface area contributed by atoms with Gasteiger partial charge in [-0.2, -0.15) is 5.10 Å². The molecule has 0 saturated heterocycles. The largest absolute Gasteiger partial charge is 0.497 e. The van der Waals surface area contributed by atoms with E-state index in [2.05, 4.69) is 15.8 Å². The molecular weight excluding hydrogens is 474 g/mol. The minimum Gasteiger partial charge on any atom is -0.497 e. The molecule has 35 heavy (non-hydrogen) atoms. The molecule has 0 saturated carbocycles. The molecule has 9 nitrogen and oxygen atoms in total. The van der Waals surface area contributed by atoms with E-state index in [1.165, 1.54) is 13.3 Å². The van der Waals surface area contributed by atoms with Crippen LogP contribution in [-0.2, 0) is 9.59 Å². The highest BCUT2D eigenvalue weighted by molar-refractivity contribution is 6.39. The van der Waals surface area contributed by atoms with Crippen molar-refractivity contribution < 1.29 is 28.6 Å². The summed E-state index contributed by atoms with van der Waals surface area (Å²) in [7, 11) is 1.54. The summed E-state index contributed by atoms with van der Waals surface area (Å²) in [5, 5.41) is 6.73. The number of nitrogens with zero attached hydrogens (tertiary/aromatic N) is 1. The van der Waals surface area contributed by atoms with E-state index < -0.39 is 17.8 Å². The number of nitrogens with one attached hydrogen (secondary N) is 2. The summed E-state index contributed by atoms with van der Waals surface area (Å²) in [6, 6.07) is 17.5. The quantitative estimate of drug-likeness (QED) is 0.160. The summed E-state index contributed by atoms with van der Waals surface area (Å²) < 4.78 is 16.1. The van der Waals surface area contributed by atoms with Crippen molar-refractivity contribution in [3.8, 4) is 17.2 Å². The summed E-state index contributed by atoms with van der Waals surface area (Å²) in [6.45, 7) is 2.12. The number of carbonyl (C=O) groups is 3. The van der Waals surface area contributed by atoms with Crippen molar-refractivity contribution in [2.45, 2.75) is 6.92 Å². The molecule has 0 spiro atoms. The Morgan fingerprint density at radius 1 is 0.943 bits per heavy atom. The van der Waals surface area contributed by atoms with Gasteiger partial charge in [-0.1, -0.05) is 11.6 Å². The molecule has 0 radical (unpaired) electrons. The van der Waals surface area contributed by atoms with Crippen LogP contribution < -0.4 is 25.0 Å². The van der Waals surface area contributed by atoms with E-state index in [0.717, 1.165) is 0 Å². The molecule has 0 bridgehead atoms. The smallest absolute Gasteiger partial charge is 0.343 e. The van der Waals surface area contributed by atoms with Crippen molar-refractivity contribution >= 4 is 41.3 Å². The molecule has 2 N–H and O–H groups in total. The zero-order chi connectivity index (χ0) is 25.2. The van der Waals surface area contributed by atoms with Crippen molar-refractivity contribution in [1.82, 2.24) is 5.43 Å². The number of halogens is 1. The number of rotatable bonds is 8. The molecule has 0 fully saturated rings. The topological polar surface area (TPSA) is 115 Å². The standard InChI is InChI=1S/C25H22ClN3O6/c1-3-34-22-14-16(4-13-21(22)35-25(32)17-5-11-20(33-2)12-6-17)15-27-29-24(31)23(30)28-19-9-7-18(26)8-10-19/h4-15H,3H2,1-2H3,(H,28,30)(H,29,31)/b27-15-. The van der Waals surface area contributed by atoms with E-state index in [-0.39, 0.29) is 5.75 Å². The Morgan fingerprint density at radius 2 is 1.66 bits per heavy atom. The third-order valence-corrected chi connectivity index (χ3v) is 4.74. The Kier molecular flexibility index (Phi) is 8.80. The fraction of sp³-hybridized carbons (Fsp3) is 0.120. The predicted octanol–water partition coefficient (Wildman–Crippen LogP) is 4.06. The van der Waals surface area contributed by atoms with Gasteiger partial charge in [0.15, 0.2) is 11.5 Å². The highest BCUT2D eigenvalue weighted by Crippen LogP contribution is 2.29. The summed E-state index contributed by atoms with van der Waals surface area (Å²) in [5.74, 6) is -1.25. The van der Waals surface area contributed by atoms with Gasteiger partial charge in [-0.15, -0.1) is 0 Å². The van der Waals surface area contributed by atoms with Gasteiger partial charge in [0.25, 0.3) is 0 Å². The number of carbonyl (C=O) groups excluding carboxylic acids is 3. The van der Waals surface area contributed by atoms with Crippen LogP contribution in [0.4, 0.5) is 5.69 Å². The second kappa shape index (κ2) is 12.2. The molecule has 3 aromatic carbocycles.